The maximum atomic E-state index is 5.52. The summed E-state index contributed by atoms with van der Waals surface area (Å²) in [4.78, 5) is 0. The van der Waals surface area contributed by atoms with Gasteiger partial charge in [0.05, 0.1) is 6.61 Å². The van der Waals surface area contributed by atoms with Crippen LogP contribution in [-0.4, -0.2) is 25.8 Å². The molecule has 0 spiro atoms. The Kier molecular flexibility index (Phi) is 9.42. The fraction of sp³-hybridized carbons (Fsp3) is 1.00. The monoisotopic (exact) mass is 201 g/mol. The van der Waals surface area contributed by atoms with Gasteiger partial charge in [-0.2, -0.15) is 0 Å². The smallest absolute Gasteiger partial charge is 0.0590 e. The third-order valence-electron chi connectivity index (χ3n) is 2.42. The van der Waals surface area contributed by atoms with Crippen molar-refractivity contribution in [2.24, 2.45) is 5.92 Å². The van der Waals surface area contributed by atoms with Gasteiger partial charge in [0, 0.05) is 19.2 Å². The van der Waals surface area contributed by atoms with Crippen LogP contribution in [0.5, 0.6) is 0 Å². The van der Waals surface area contributed by atoms with Crippen molar-refractivity contribution in [3.63, 3.8) is 0 Å². The van der Waals surface area contributed by atoms with Crippen LogP contribution in [0, 0.1) is 5.92 Å². The zero-order valence-electron chi connectivity index (χ0n) is 10.3. The van der Waals surface area contributed by atoms with Crippen LogP contribution in [-0.2, 0) is 4.74 Å². The van der Waals surface area contributed by atoms with Gasteiger partial charge in [0.2, 0.25) is 0 Å². The van der Waals surface area contributed by atoms with Crippen molar-refractivity contribution in [3.05, 3.63) is 0 Å². The lowest BCUT2D eigenvalue weighted by atomic mass is 10.1. The first-order valence-electron chi connectivity index (χ1n) is 5.98. The molecule has 2 nitrogen and oxygen atoms in total. The van der Waals surface area contributed by atoms with Crippen LogP contribution in [0.4, 0.5) is 0 Å². The summed E-state index contributed by atoms with van der Waals surface area (Å²) in [5.41, 5.74) is 0. The molecule has 0 aromatic carbocycles. The molecule has 0 saturated carbocycles. The van der Waals surface area contributed by atoms with Crippen LogP contribution >= 0.6 is 0 Å². The molecule has 0 aromatic rings. The molecule has 0 aliphatic heterocycles. The lowest BCUT2D eigenvalue weighted by molar-refractivity contribution is 0.128. The van der Waals surface area contributed by atoms with Crippen LogP contribution < -0.4 is 5.32 Å². The maximum Gasteiger partial charge on any atom is 0.0590 e. The van der Waals surface area contributed by atoms with Crippen molar-refractivity contribution in [2.45, 2.75) is 53.0 Å². The van der Waals surface area contributed by atoms with E-state index in [4.69, 9.17) is 4.74 Å². The highest BCUT2D eigenvalue weighted by Crippen LogP contribution is 2.02. The average Bonchev–Trinajstić information content (AvgIpc) is 2.15. The second-order valence-corrected chi connectivity index (χ2v) is 4.41. The van der Waals surface area contributed by atoms with Crippen LogP contribution in [0.3, 0.4) is 0 Å². The molecule has 0 aliphatic carbocycles. The van der Waals surface area contributed by atoms with Crippen LogP contribution in [0.2, 0.25) is 0 Å². The van der Waals surface area contributed by atoms with Crippen molar-refractivity contribution in [1.82, 2.24) is 5.32 Å². The zero-order valence-corrected chi connectivity index (χ0v) is 10.3. The van der Waals surface area contributed by atoms with E-state index in [1.165, 1.54) is 19.3 Å². The molecule has 2 heteroatoms. The molecule has 0 bridgehead atoms. The molecule has 0 rings (SSSR count). The first-order valence-corrected chi connectivity index (χ1v) is 5.98. The molecular weight excluding hydrogens is 174 g/mol. The van der Waals surface area contributed by atoms with E-state index in [2.05, 4.69) is 33.0 Å². The fourth-order valence-electron chi connectivity index (χ4n) is 1.22. The van der Waals surface area contributed by atoms with Gasteiger partial charge in [0.1, 0.15) is 0 Å². The largest absolute Gasteiger partial charge is 0.380 e. The van der Waals surface area contributed by atoms with Gasteiger partial charge in [-0.25, -0.2) is 0 Å². The summed E-state index contributed by atoms with van der Waals surface area (Å²) < 4.78 is 5.52. The Morgan fingerprint density at radius 3 is 2.43 bits per heavy atom. The van der Waals surface area contributed by atoms with Crippen LogP contribution in [0.25, 0.3) is 0 Å². The molecule has 0 aliphatic rings. The molecule has 14 heavy (non-hydrogen) atoms. The Bertz CT molecular complexity index is 115. The van der Waals surface area contributed by atoms with E-state index in [1.807, 2.05) is 0 Å². The zero-order chi connectivity index (χ0) is 10.8. The van der Waals surface area contributed by atoms with Gasteiger partial charge in [-0.15, -0.1) is 0 Å². The summed E-state index contributed by atoms with van der Waals surface area (Å²) in [5, 5.41) is 3.41. The minimum absolute atomic E-state index is 0.620. The highest BCUT2D eigenvalue weighted by atomic mass is 16.5. The SMILES string of the molecule is CCC(C)NCCOCCCC(C)C. The van der Waals surface area contributed by atoms with Crippen molar-refractivity contribution < 1.29 is 4.74 Å². The van der Waals surface area contributed by atoms with E-state index in [0.29, 0.717) is 6.04 Å². The molecule has 0 aromatic heterocycles. The van der Waals surface area contributed by atoms with Gasteiger partial charge in [0.15, 0.2) is 0 Å². The fourth-order valence-corrected chi connectivity index (χ4v) is 1.22. The van der Waals surface area contributed by atoms with Crippen LogP contribution in [0.1, 0.15) is 47.0 Å². The van der Waals surface area contributed by atoms with E-state index in [1.54, 1.807) is 0 Å². The second kappa shape index (κ2) is 9.47. The molecule has 0 fully saturated rings. The first-order chi connectivity index (χ1) is 6.66. The van der Waals surface area contributed by atoms with E-state index >= 15 is 0 Å². The van der Waals surface area contributed by atoms with Crippen molar-refractivity contribution in [1.29, 1.82) is 0 Å². The summed E-state index contributed by atoms with van der Waals surface area (Å²) >= 11 is 0. The molecular formula is C12H27NO. The van der Waals surface area contributed by atoms with E-state index in [0.717, 1.165) is 25.7 Å². The number of rotatable bonds is 9. The summed E-state index contributed by atoms with van der Waals surface area (Å²) in [6.07, 6.45) is 3.66. The van der Waals surface area contributed by atoms with Crippen molar-refractivity contribution >= 4 is 0 Å². The first kappa shape index (κ1) is 13.9. The molecule has 86 valence electrons. The second-order valence-electron chi connectivity index (χ2n) is 4.41. The summed E-state index contributed by atoms with van der Waals surface area (Å²) in [7, 11) is 0. The lowest BCUT2D eigenvalue weighted by Gasteiger charge is -2.11. The molecule has 1 atom stereocenters. The topological polar surface area (TPSA) is 21.3 Å². The van der Waals surface area contributed by atoms with E-state index in [-0.39, 0.29) is 0 Å². The number of hydrogen-bond acceptors (Lipinski definition) is 2. The normalized spacial score (nSPS) is 13.5. The van der Waals surface area contributed by atoms with Gasteiger partial charge < -0.3 is 10.1 Å². The molecule has 0 saturated heterocycles. The third-order valence-corrected chi connectivity index (χ3v) is 2.42. The highest BCUT2D eigenvalue weighted by molar-refractivity contribution is 4.56. The Morgan fingerprint density at radius 1 is 1.14 bits per heavy atom. The van der Waals surface area contributed by atoms with Gasteiger partial charge in [-0.3, -0.25) is 0 Å². The van der Waals surface area contributed by atoms with E-state index in [9.17, 15) is 0 Å². The minimum atomic E-state index is 0.620. The van der Waals surface area contributed by atoms with Gasteiger partial charge in [0.25, 0.3) is 0 Å². The maximum absolute atomic E-state index is 5.52. The third kappa shape index (κ3) is 10.0. The van der Waals surface area contributed by atoms with Crippen molar-refractivity contribution in [3.8, 4) is 0 Å². The average molecular weight is 201 g/mol. The summed E-state index contributed by atoms with van der Waals surface area (Å²) in [5.74, 6) is 0.803. The Labute approximate surface area is 89.4 Å². The van der Waals surface area contributed by atoms with Gasteiger partial charge in [-0.1, -0.05) is 20.8 Å². The molecule has 1 N–H and O–H groups in total. The molecule has 0 amide bonds. The number of hydrogen-bond donors (Lipinski definition) is 1. The Balaban J connectivity index is 2.99. The summed E-state index contributed by atoms with van der Waals surface area (Å²) in [6, 6.07) is 0.620. The molecule has 0 heterocycles. The predicted octanol–water partition coefficient (Wildman–Crippen LogP) is 2.83. The van der Waals surface area contributed by atoms with E-state index < -0.39 is 0 Å². The molecule has 0 radical (unpaired) electrons. The summed E-state index contributed by atoms with van der Waals surface area (Å²) in [6.45, 7) is 11.7. The molecule has 1 unspecified atom stereocenters. The van der Waals surface area contributed by atoms with Crippen molar-refractivity contribution in [2.75, 3.05) is 19.8 Å². The van der Waals surface area contributed by atoms with Crippen LogP contribution in [0.15, 0.2) is 0 Å². The number of nitrogens with one attached hydrogen (secondary N) is 1. The lowest BCUT2D eigenvalue weighted by Crippen LogP contribution is -2.28. The highest BCUT2D eigenvalue weighted by Gasteiger charge is 1.96. The predicted molar refractivity (Wildman–Crippen MR) is 62.6 cm³/mol. The Hall–Kier alpha value is -0.0800. The minimum Gasteiger partial charge on any atom is -0.380 e. The van der Waals surface area contributed by atoms with Gasteiger partial charge >= 0.3 is 0 Å². The standard InChI is InChI=1S/C12H27NO/c1-5-12(4)13-8-10-14-9-6-7-11(2)3/h11-13H,5-10H2,1-4H3. The quantitative estimate of drug-likeness (QED) is 0.579. The Morgan fingerprint density at radius 2 is 1.86 bits per heavy atom. The van der Waals surface area contributed by atoms with Gasteiger partial charge in [-0.05, 0) is 32.1 Å². The number of ether oxygens (including phenoxy) is 1.